The van der Waals surface area contributed by atoms with Crippen molar-refractivity contribution in [2.45, 2.75) is 270 Å². The molecule has 0 rings (SSSR count). The number of phosphoric acid groups is 1. The summed E-state index contributed by atoms with van der Waals surface area (Å²) in [6.07, 6.45) is 81.6. The van der Waals surface area contributed by atoms with Crippen molar-refractivity contribution in [3.63, 3.8) is 0 Å². The van der Waals surface area contributed by atoms with Gasteiger partial charge in [-0.1, -0.05) is 245 Å². The van der Waals surface area contributed by atoms with Crippen LogP contribution < -0.4 is 10.2 Å². The Balaban J connectivity index is 5.29. The van der Waals surface area contributed by atoms with Gasteiger partial charge >= 0.3 is 5.97 Å². The molecule has 80 heavy (non-hydrogen) atoms. The maximum Gasteiger partial charge on any atom is 0.306 e. The van der Waals surface area contributed by atoms with Crippen molar-refractivity contribution in [2.24, 2.45) is 0 Å². The molecular formula is C70H121N2O7P. The van der Waals surface area contributed by atoms with Gasteiger partial charge in [-0.2, -0.15) is 0 Å². The Kier molecular flexibility index (Phi) is 56.0. The van der Waals surface area contributed by atoms with Crippen molar-refractivity contribution in [2.75, 3.05) is 40.9 Å². The van der Waals surface area contributed by atoms with E-state index in [0.717, 1.165) is 116 Å². The lowest BCUT2D eigenvalue weighted by Gasteiger charge is -2.30. The highest BCUT2D eigenvalue weighted by Crippen LogP contribution is 2.38. The van der Waals surface area contributed by atoms with E-state index in [-0.39, 0.29) is 31.3 Å². The van der Waals surface area contributed by atoms with Crippen LogP contribution in [0.3, 0.4) is 0 Å². The van der Waals surface area contributed by atoms with E-state index in [2.05, 4.69) is 135 Å². The summed E-state index contributed by atoms with van der Waals surface area (Å²) in [6.45, 7) is 6.66. The van der Waals surface area contributed by atoms with Crippen LogP contribution in [0.25, 0.3) is 0 Å². The van der Waals surface area contributed by atoms with Crippen molar-refractivity contribution in [3.8, 4) is 0 Å². The number of carbonyl (C=O) groups excluding carboxylic acids is 2. The maximum absolute atomic E-state index is 13.5. The number of hydrogen-bond acceptors (Lipinski definition) is 7. The molecule has 0 aliphatic heterocycles. The number of phosphoric ester groups is 1. The van der Waals surface area contributed by atoms with Crippen LogP contribution in [-0.2, 0) is 27.9 Å². The van der Waals surface area contributed by atoms with Crippen LogP contribution in [0.2, 0.25) is 0 Å². The van der Waals surface area contributed by atoms with Crippen molar-refractivity contribution in [1.29, 1.82) is 0 Å². The van der Waals surface area contributed by atoms with Gasteiger partial charge in [-0.25, -0.2) is 0 Å². The van der Waals surface area contributed by atoms with Crippen molar-refractivity contribution < 1.29 is 37.3 Å². The molecule has 458 valence electrons. The Labute approximate surface area is 493 Å². The molecule has 0 radical (unpaired) electrons. The Hall–Kier alpha value is -3.59. The summed E-state index contributed by atoms with van der Waals surface area (Å²) >= 11 is 0. The molecule has 0 saturated heterocycles. The van der Waals surface area contributed by atoms with Gasteiger partial charge in [0.2, 0.25) is 5.91 Å². The molecule has 3 unspecified atom stereocenters. The third kappa shape index (κ3) is 59.0. The number of quaternary nitrogens is 1. The minimum Gasteiger partial charge on any atom is -0.756 e. The van der Waals surface area contributed by atoms with Crippen LogP contribution in [0.4, 0.5) is 0 Å². The predicted octanol–water partition coefficient (Wildman–Crippen LogP) is 19.6. The molecule has 1 N–H and O–H groups in total. The standard InChI is InChI=1S/C70H121N2O7P/c1-7-10-13-16-19-22-25-28-30-32-34-35-36-37-39-41-43-45-48-51-54-57-60-63-70(74)79-68(61-58-55-52-49-46-27-24-21-18-15-12-9-3)67(66-78-80(75,76)77-65-64-72(4,5)6)71-69(73)62-59-56-53-50-47-44-42-40-38-33-31-29-26-23-20-17-14-11-8-2/h11,14,19-20,22-23,28-31,34-35,37-40,44,47,58,61,67-68H,7-10,12-13,15-18,21,24-27,32-33,36,41-43,45-46,48-57,59-60,62-66H2,1-6H3,(H-,71,73,75,76)/b14-11-,22-19-,23-20-,30-28-,31-29-,35-34-,39-37-,40-38-,47-44-,61-58+. The summed E-state index contributed by atoms with van der Waals surface area (Å²) < 4.78 is 30.3. The SMILES string of the molecule is CC/C=C\C/C=C\C/C=C\C/C=C\C/C=C\CCCCCC(=O)NC(COP(=O)([O-])OCC[N+](C)(C)C)C(/C=C/CCCCCCCCCCCC)OC(=O)CCCCCCCCC/C=C\C/C=C\C/C=C\C/C=C\CCCCC. The molecule has 1 amide bonds. The van der Waals surface area contributed by atoms with E-state index in [0.29, 0.717) is 23.9 Å². The first-order valence-electron chi connectivity index (χ1n) is 32.3. The first-order valence-corrected chi connectivity index (χ1v) is 33.8. The third-order valence-corrected chi connectivity index (χ3v) is 14.6. The highest BCUT2D eigenvalue weighted by molar-refractivity contribution is 7.45. The lowest BCUT2D eigenvalue weighted by atomic mass is 10.0. The number of nitrogens with one attached hydrogen (secondary N) is 1. The molecule has 0 saturated carbocycles. The van der Waals surface area contributed by atoms with E-state index in [9.17, 15) is 19.0 Å². The minimum atomic E-state index is -4.72. The second-order valence-corrected chi connectivity index (χ2v) is 23.9. The van der Waals surface area contributed by atoms with Gasteiger partial charge in [-0.05, 0) is 122 Å². The van der Waals surface area contributed by atoms with Gasteiger partial charge in [0.05, 0.1) is 33.8 Å². The fourth-order valence-corrected chi connectivity index (χ4v) is 9.37. The summed E-state index contributed by atoms with van der Waals surface area (Å²) in [6, 6.07) is -0.919. The molecule has 0 aliphatic rings. The van der Waals surface area contributed by atoms with Crippen molar-refractivity contribution in [3.05, 3.63) is 122 Å². The van der Waals surface area contributed by atoms with Crippen molar-refractivity contribution in [1.82, 2.24) is 5.32 Å². The summed E-state index contributed by atoms with van der Waals surface area (Å²) in [5.74, 6) is -0.597. The van der Waals surface area contributed by atoms with Crippen LogP contribution in [0.5, 0.6) is 0 Å². The number of ether oxygens (including phenoxy) is 1. The first-order chi connectivity index (χ1) is 38.9. The number of rotatable bonds is 57. The van der Waals surface area contributed by atoms with E-state index >= 15 is 0 Å². The predicted molar refractivity (Wildman–Crippen MR) is 343 cm³/mol. The quantitative estimate of drug-likeness (QED) is 0.0212. The summed E-state index contributed by atoms with van der Waals surface area (Å²) in [4.78, 5) is 40.1. The normalized spacial score (nSPS) is 14.4. The fourth-order valence-electron chi connectivity index (χ4n) is 8.65. The van der Waals surface area contributed by atoms with Crippen LogP contribution in [0.1, 0.15) is 258 Å². The van der Waals surface area contributed by atoms with Gasteiger partial charge in [0, 0.05) is 12.8 Å². The highest BCUT2D eigenvalue weighted by atomic mass is 31.2. The Morgan fingerprint density at radius 2 is 0.800 bits per heavy atom. The fraction of sp³-hybridized carbons (Fsp3) is 0.686. The lowest BCUT2D eigenvalue weighted by Crippen LogP contribution is -2.47. The summed E-state index contributed by atoms with van der Waals surface area (Å²) in [5.41, 5.74) is 0. The first kappa shape index (κ1) is 76.4. The maximum atomic E-state index is 13.5. The van der Waals surface area contributed by atoms with Crippen LogP contribution in [0, 0.1) is 0 Å². The molecule has 3 atom stereocenters. The number of allylic oxidation sites excluding steroid dienone is 19. The molecule has 0 aromatic heterocycles. The second kappa shape index (κ2) is 58.6. The Morgan fingerprint density at radius 1 is 0.450 bits per heavy atom. The number of hydrogen-bond donors (Lipinski definition) is 1. The smallest absolute Gasteiger partial charge is 0.306 e. The zero-order valence-corrected chi connectivity index (χ0v) is 53.1. The monoisotopic (exact) mass is 1130 g/mol. The number of esters is 1. The molecule has 0 fully saturated rings. The van der Waals surface area contributed by atoms with E-state index < -0.39 is 26.6 Å². The number of nitrogens with zero attached hydrogens (tertiary/aromatic N) is 1. The van der Waals surface area contributed by atoms with E-state index in [1.807, 2.05) is 33.3 Å². The second-order valence-electron chi connectivity index (χ2n) is 22.5. The molecule has 9 nitrogen and oxygen atoms in total. The van der Waals surface area contributed by atoms with Crippen molar-refractivity contribution >= 4 is 19.7 Å². The summed E-state index contributed by atoms with van der Waals surface area (Å²) in [5, 5.41) is 3.01. The zero-order valence-electron chi connectivity index (χ0n) is 52.2. The molecule has 0 aromatic rings. The third-order valence-electron chi connectivity index (χ3n) is 13.6. The van der Waals surface area contributed by atoms with Gasteiger partial charge < -0.3 is 28.5 Å². The van der Waals surface area contributed by atoms with Gasteiger partial charge in [0.25, 0.3) is 7.82 Å². The highest BCUT2D eigenvalue weighted by Gasteiger charge is 2.27. The molecule has 0 heterocycles. The van der Waals surface area contributed by atoms with Gasteiger partial charge in [0.15, 0.2) is 0 Å². The molecule has 0 bridgehead atoms. The topological polar surface area (TPSA) is 114 Å². The molecule has 0 spiro atoms. The number of unbranched alkanes of at least 4 members (excludes halogenated alkanes) is 23. The Morgan fingerprint density at radius 3 is 1.24 bits per heavy atom. The van der Waals surface area contributed by atoms with E-state index in [4.69, 9.17) is 13.8 Å². The van der Waals surface area contributed by atoms with Crippen LogP contribution >= 0.6 is 7.82 Å². The van der Waals surface area contributed by atoms with E-state index in [1.165, 1.54) is 96.3 Å². The summed E-state index contributed by atoms with van der Waals surface area (Å²) in [7, 11) is 1.14. The van der Waals surface area contributed by atoms with Gasteiger partial charge in [0.1, 0.15) is 19.3 Å². The lowest BCUT2D eigenvalue weighted by molar-refractivity contribution is -0.870. The zero-order chi connectivity index (χ0) is 58.6. The van der Waals surface area contributed by atoms with E-state index in [1.54, 1.807) is 0 Å². The molecule has 0 aromatic carbocycles. The van der Waals surface area contributed by atoms with Crippen LogP contribution in [-0.4, -0.2) is 69.4 Å². The van der Waals surface area contributed by atoms with Gasteiger partial charge in [-0.3, -0.25) is 14.2 Å². The Bertz CT molecular complexity index is 1780. The molecule has 0 aliphatic carbocycles. The van der Waals surface area contributed by atoms with Gasteiger partial charge in [-0.15, -0.1) is 0 Å². The van der Waals surface area contributed by atoms with Crippen LogP contribution in [0.15, 0.2) is 122 Å². The number of amides is 1. The largest absolute Gasteiger partial charge is 0.756 e. The average molecular weight is 1130 g/mol. The number of likely N-dealkylation sites (N-methyl/N-ethyl adjacent to an activating group) is 1. The number of carbonyl (C=O) groups is 2. The average Bonchev–Trinajstić information content (AvgIpc) is 3.42. The minimum absolute atomic E-state index is 0.0375. The molecular weight excluding hydrogens is 1010 g/mol. The molecule has 10 heteroatoms.